The number of hydrogen-bond acceptors (Lipinski definition) is 4. The van der Waals surface area contributed by atoms with Gasteiger partial charge in [-0.1, -0.05) is 22.9 Å². The summed E-state index contributed by atoms with van der Waals surface area (Å²) in [7, 11) is 1.89. The van der Waals surface area contributed by atoms with Crippen LogP contribution in [0.2, 0.25) is 5.02 Å². The van der Waals surface area contributed by atoms with Crippen LogP contribution in [0.3, 0.4) is 0 Å². The normalized spacial score (nSPS) is 10.8. The van der Waals surface area contributed by atoms with E-state index in [0.717, 1.165) is 28.5 Å². The van der Waals surface area contributed by atoms with E-state index in [2.05, 4.69) is 15.5 Å². The van der Waals surface area contributed by atoms with Crippen molar-refractivity contribution in [3.63, 3.8) is 0 Å². The Balaban J connectivity index is 2.21. The fourth-order valence-electron chi connectivity index (χ4n) is 1.33. The van der Waals surface area contributed by atoms with Crippen molar-refractivity contribution < 1.29 is 4.39 Å². The van der Waals surface area contributed by atoms with E-state index in [0.29, 0.717) is 0 Å². The first-order valence-corrected chi connectivity index (χ1v) is 6.32. The topological polar surface area (TPSA) is 37.8 Å². The van der Waals surface area contributed by atoms with Crippen LogP contribution < -0.4 is 5.32 Å². The molecule has 90 valence electrons. The van der Waals surface area contributed by atoms with Gasteiger partial charge in [0.2, 0.25) is 0 Å². The van der Waals surface area contributed by atoms with Crippen LogP contribution in [0.15, 0.2) is 18.2 Å². The minimum atomic E-state index is -0.421. The molecule has 1 aromatic carbocycles. The van der Waals surface area contributed by atoms with Gasteiger partial charge in [-0.3, -0.25) is 0 Å². The zero-order valence-electron chi connectivity index (χ0n) is 9.20. The maximum absolute atomic E-state index is 13.0. The Morgan fingerprint density at radius 3 is 2.94 bits per heavy atom. The van der Waals surface area contributed by atoms with Crippen LogP contribution in [0, 0.1) is 5.82 Å². The highest BCUT2D eigenvalue weighted by atomic mass is 35.5. The first-order chi connectivity index (χ1) is 8.20. The quantitative estimate of drug-likeness (QED) is 0.929. The molecular formula is C11H11ClFN3S. The fraction of sp³-hybridized carbons (Fsp3) is 0.273. The number of nitrogens with zero attached hydrogens (tertiary/aromatic N) is 2. The standard InChI is InChI=1S/C11H11ClFN3S/c1-14-5-4-10-15-16-11(17-10)7-2-3-9(13)8(12)6-7/h2-3,6,14H,4-5H2,1H3. The molecule has 3 nitrogen and oxygen atoms in total. The molecule has 0 saturated heterocycles. The molecule has 0 atom stereocenters. The van der Waals surface area contributed by atoms with Gasteiger partial charge in [0.15, 0.2) is 0 Å². The summed E-state index contributed by atoms with van der Waals surface area (Å²) in [6, 6.07) is 4.56. The van der Waals surface area contributed by atoms with Crippen LogP contribution in [0.5, 0.6) is 0 Å². The molecule has 1 aromatic heterocycles. The van der Waals surface area contributed by atoms with E-state index in [-0.39, 0.29) is 5.02 Å². The van der Waals surface area contributed by atoms with Crippen LogP contribution >= 0.6 is 22.9 Å². The summed E-state index contributed by atoms with van der Waals surface area (Å²) < 4.78 is 13.0. The van der Waals surface area contributed by atoms with Crippen molar-refractivity contribution in [1.29, 1.82) is 0 Å². The lowest BCUT2D eigenvalue weighted by Crippen LogP contribution is -2.09. The summed E-state index contributed by atoms with van der Waals surface area (Å²) >= 11 is 7.22. The average molecular weight is 272 g/mol. The molecule has 1 N–H and O–H groups in total. The summed E-state index contributed by atoms with van der Waals surface area (Å²) in [5.74, 6) is -0.421. The lowest BCUT2D eigenvalue weighted by atomic mass is 10.2. The number of benzene rings is 1. The van der Waals surface area contributed by atoms with Crippen LogP contribution in [-0.2, 0) is 6.42 Å². The Morgan fingerprint density at radius 1 is 1.41 bits per heavy atom. The number of halogens is 2. The molecule has 1 heterocycles. The third-order valence-electron chi connectivity index (χ3n) is 2.22. The van der Waals surface area contributed by atoms with Gasteiger partial charge in [-0.15, -0.1) is 10.2 Å². The summed E-state index contributed by atoms with van der Waals surface area (Å²) in [4.78, 5) is 0. The van der Waals surface area contributed by atoms with Crippen molar-refractivity contribution in [3.05, 3.63) is 34.0 Å². The maximum atomic E-state index is 13.0. The van der Waals surface area contributed by atoms with Crippen molar-refractivity contribution >= 4 is 22.9 Å². The zero-order valence-corrected chi connectivity index (χ0v) is 10.8. The second-order valence-corrected chi connectivity index (χ2v) is 4.95. The van der Waals surface area contributed by atoms with E-state index in [1.54, 1.807) is 12.1 Å². The predicted octanol–water partition coefficient (Wildman–Crippen LogP) is 2.76. The first-order valence-electron chi connectivity index (χ1n) is 5.13. The number of likely N-dealkylation sites (N-methyl/N-ethyl adjacent to an activating group) is 1. The SMILES string of the molecule is CNCCc1nnc(-c2ccc(F)c(Cl)c2)s1. The van der Waals surface area contributed by atoms with Gasteiger partial charge in [-0.05, 0) is 25.2 Å². The van der Waals surface area contributed by atoms with E-state index in [9.17, 15) is 4.39 Å². The van der Waals surface area contributed by atoms with Crippen LogP contribution in [0.25, 0.3) is 10.6 Å². The number of rotatable bonds is 4. The van der Waals surface area contributed by atoms with E-state index in [4.69, 9.17) is 11.6 Å². The Morgan fingerprint density at radius 2 is 2.24 bits per heavy atom. The molecule has 0 amide bonds. The molecule has 0 bridgehead atoms. The molecular weight excluding hydrogens is 261 g/mol. The molecule has 6 heteroatoms. The van der Waals surface area contributed by atoms with Gasteiger partial charge in [0, 0.05) is 18.5 Å². The van der Waals surface area contributed by atoms with Gasteiger partial charge < -0.3 is 5.32 Å². The predicted molar refractivity (Wildman–Crippen MR) is 67.9 cm³/mol. The second kappa shape index (κ2) is 5.53. The molecule has 0 aliphatic heterocycles. The van der Waals surface area contributed by atoms with Gasteiger partial charge in [0.1, 0.15) is 15.8 Å². The van der Waals surface area contributed by atoms with Gasteiger partial charge in [0.05, 0.1) is 5.02 Å². The second-order valence-electron chi connectivity index (χ2n) is 3.48. The summed E-state index contributed by atoms with van der Waals surface area (Å²) in [6.07, 6.45) is 0.836. The minimum Gasteiger partial charge on any atom is -0.319 e. The molecule has 17 heavy (non-hydrogen) atoms. The average Bonchev–Trinajstić information content (AvgIpc) is 2.79. The Hall–Kier alpha value is -1.04. The maximum Gasteiger partial charge on any atom is 0.147 e. The molecule has 0 fully saturated rings. The smallest absolute Gasteiger partial charge is 0.147 e. The van der Waals surface area contributed by atoms with Gasteiger partial charge in [-0.2, -0.15) is 0 Å². The molecule has 0 aliphatic carbocycles. The van der Waals surface area contributed by atoms with E-state index >= 15 is 0 Å². The van der Waals surface area contributed by atoms with Crippen molar-refractivity contribution in [2.75, 3.05) is 13.6 Å². The van der Waals surface area contributed by atoms with Crippen LogP contribution in [0.1, 0.15) is 5.01 Å². The lowest BCUT2D eigenvalue weighted by Gasteiger charge is -1.97. The molecule has 2 rings (SSSR count). The van der Waals surface area contributed by atoms with Crippen molar-refractivity contribution in [2.24, 2.45) is 0 Å². The molecule has 0 saturated carbocycles. The van der Waals surface area contributed by atoms with Crippen LogP contribution in [-0.4, -0.2) is 23.8 Å². The first kappa shape index (κ1) is 12.4. The third kappa shape index (κ3) is 3.00. The molecule has 0 spiro atoms. The monoisotopic (exact) mass is 271 g/mol. The third-order valence-corrected chi connectivity index (χ3v) is 3.54. The highest BCUT2D eigenvalue weighted by Crippen LogP contribution is 2.27. The largest absolute Gasteiger partial charge is 0.319 e. The van der Waals surface area contributed by atoms with Gasteiger partial charge in [0.25, 0.3) is 0 Å². The van der Waals surface area contributed by atoms with Crippen LogP contribution in [0.4, 0.5) is 4.39 Å². The van der Waals surface area contributed by atoms with E-state index in [1.807, 2.05) is 7.05 Å². The minimum absolute atomic E-state index is 0.106. The van der Waals surface area contributed by atoms with Crippen molar-refractivity contribution in [1.82, 2.24) is 15.5 Å². The van der Waals surface area contributed by atoms with Crippen molar-refractivity contribution in [2.45, 2.75) is 6.42 Å². The summed E-state index contributed by atoms with van der Waals surface area (Å²) in [5, 5.41) is 13.0. The van der Waals surface area contributed by atoms with Gasteiger partial charge in [-0.25, -0.2) is 4.39 Å². The zero-order chi connectivity index (χ0) is 12.3. The molecule has 0 unspecified atom stereocenters. The Labute approximate surface area is 108 Å². The highest BCUT2D eigenvalue weighted by molar-refractivity contribution is 7.14. The molecule has 0 aliphatic rings. The Bertz CT molecular complexity index is 515. The summed E-state index contributed by atoms with van der Waals surface area (Å²) in [5.41, 5.74) is 0.796. The number of aromatic nitrogens is 2. The van der Waals surface area contributed by atoms with Crippen molar-refractivity contribution in [3.8, 4) is 10.6 Å². The Kier molecular flexibility index (Phi) is 4.04. The lowest BCUT2D eigenvalue weighted by molar-refractivity contribution is 0.628. The van der Waals surface area contributed by atoms with E-state index < -0.39 is 5.82 Å². The van der Waals surface area contributed by atoms with E-state index in [1.165, 1.54) is 17.4 Å². The summed E-state index contributed by atoms with van der Waals surface area (Å²) in [6.45, 7) is 0.860. The number of hydrogen-bond donors (Lipinski definition) is 1. The van der Waals surface area contributed by atoms with Gasteiger partial charge >= 0.3 is 0 Å². The fourth-order valence-corrected chi connectivity index (χ4v) is 2.35. The molecule has 0 radical (unpaired) electrons. The molecule has 2 aromatic rings. The highest BCUT2D eigenvalue weighted by Gasteiger charge is 2.08. The number of nitrogens with one attached hydrogen (secondary N) is 1.